The van der Waals surface area contributed by atoms with Gasteiger partial charge in [0.2, 0.25) is 11.8 Å². The average Bonchev–Trinajstić information content (AvgIpc) is 3.33. The fraction of sp³-hybridized carbons (Fsp3) is 0.333. The van der Waals surface area contributed by atoms with E-state index in [0.717, 1.165) is 48.3 Å². The van der Waals surface area contributed by atoms with Gasteiger partial charge in [-0.15, -0.1) is 0 Å². The number of carbonyl (C=O) groups is 3. The molecule has 1 N–H and O–H groups in total. The first-order valence-corrected chi connectivity index (χ1v) is 21.8. The van der Waals surface area contributed by atoms with E-state index in [1.807, 2.05) is 54.3 Å². The SMILES string of the molecule is Cc1nn(C2CCC(=O)NC2=O)c(=O)c2ccc(N3CCN(C(=O)CN4CCC(COc5cnc(-c6cccc(Cn7nc(-c8cccc(C#N)c8)ccc7=O)c6)nc5)CC4)CC3)cc12. The minimum absolute atomic E-state index is 0.119. The highest BCUT2D eigenvalue weighted by Crippen LogP contribution is 2.26. The first-order valence-electron chi connectivity index (χ1n) is 21.8. The first-order chi connectivity index (χ1) is 31.6. The van der Waals surface area contributed by atoms with Crippen LogP contribution in [0.5, 0.6) is 5.75 Å². The highest BCUT2D eigenvalue weighted by Gasteiger charge is 2.31. The third kappa shape index (κ3) is 9.53. The molecule has 17 heteroatoms. The second kappa shape index (κ2) is 18.6. The Morgan fingerprint density at radius 2 is 1.60 bits per heavy atom. The van der Waals surface area contributed by atoms with E-state index in [4.69, 9.17) is 4.74 Å². The number of nitrogens with zero attached hydrogens (tertiary/aromatic N) is 10. The molecule has 3 aromatic carbocycles. The summed E-state index contributed by atoms with van der Waals surface area (Å²) >= 11 is 0. The number of benzene rings is 3. The van der Waals surface area contributed by atoms with Crippen LogP contribution in [-0.2, 0) is 20.9 Å². The van der Waals surface area contributed by atoms with E-state index in [-0.39, 0.29) is 42.3 Å². The summed E-state index contributed by atoms with van der Waals surface area (Å²) in [6.07, 6.45) is 5.56. The predicted octanol–water partition coefficient (Wildman–Crippen LogP) is 3.72. The summed E-state index contributed by atoms with van der Waals surface area (Å²) in [7, 11) is 0. The Morgan fingerprint density at radius 1 is 0.831 bits per heavy atom. The van der Waals surface area contributed by atoms with Crippen LogP contribution < -0.4 is 26.1 Å². The number of hydrogen-bond acceptors (Lipinski definition) is 13. The number of imide groups is 1. The molecule has 6 heterocycles. The highest BCUT2D eigenvalue weighted by molar-refractivity contribution is 5.99. The van der Waals surface area contributed by atoms with Gasteiger partial charge >= 0.3 is 0 Å². The molecule has 0 saturated carbocycles. The molecule has 9 rings (SSSR count). The summed E-state index contributed by atoms with van der Waals surface area (Å²) in [5.41, 5.74) is 4.49. The summed E-state index contributed by atoms with van der Waals surface area (Å²) in [6.45, 7) is 7.09. The maximum absolute atomic E-state index is 13.4. The van der Waals surface area contributed by atoms with Crippen LogP contribution in [0.1, 0.15) is 48.5 Å². The average molecular weight is 874 g/mol. The molecule has 1 unspecified atom stereocenters. The minimum atomic E-state index is -0.821. The van der Waals surface area contributed by atoms with Crippen molar-refractivity contribution in [3.63, 3.8) is 0 Å². The zero-order chi connectivity index (χ0) is 45.0. The van der Waals surface area contributed by atoms with Crippen LogP contribution >= 0.6 is 0 Å². The molecule has 0 radical (unpaired) electrons. The topological polar surface area (TPSA) is 202 Å². The number of ether oxygens (including phenoxy) is 1. The van der Waals surface area contributed by atoms with Gasteiger partial charge in [0.25, 0.3) is 17.0 Å². The van der Waals surface area contributed by atoms with E-state index >= 15 is 0 Å². The van der Waals surface area contributed by atoms with Crippen LogP contribution in [0.4, 0.5) is 5.69 Å². The van der Waals surface area contributed by atoms with Gasteiger partial charge in [0.15, 0.2) is 11.6 Å². The molecule has 0 spiro atoms. The molecule has 3 aliphatic rings. The lowest BCUT2D eigenvalue weighted by molar-refractivity contribution is -0.136. The lowest BCUT2D eigenvalue weighted by Crippen LogP contribution is -2.52. The molecule has 3 saturated heterocycles. The molecule has 0 bridgehead atoms. The maximum atomic E-state index is 13.4. The molecule has 3 amide bonds. The van der Waals surface area contributed by atoms with Crippen LogP contribution in [0.25, 0.3) is 33.4 Å². The van der Waals surface area contributed by atoms with Crippen LogP contribution in [0.3, 0.4) is 0 Å². The molecular formula is C48H47N11O6. The number of nitriles is 1. The van der Waals surface area contributed by atoms with Crippen molar-refractivity contribution in [2.75, 3.05) is 57.3 Å². The van der Waals surface area contributed by atoms with E-state index in [1.54, 1.807) is 42.7 Å². The number of fused-ring (bicyclic) bond motifs is 1. The van der Waals surface area contributed by atoms with Gasteiger partial charge in [-0.1, -0.05) is 30.3 Å². The van der Waals surface area contributed by atoms with Gasteiger partial charge in [0, 0.05) is 60.9 Å². The third-order valence-electron chi connectivity index (χ3n) is 12.4. The van der Waals surface area contributed by atoms with Crippen molar-refractivity contribution in [3.05, 3.63) is 129 Å². The van der Waals surface area contributed by atoms with E-state index in [2.05, 4.69) is 41.4 Å². The standard InChI is InChI=1S/C48H47N11O6/c1-31-40-24-37(8-9-39(40)48(64)59(53-31)42-11-12-43(60)52-47(42)63)56-18-20-57(21-19-56)45(62)29-55-16-14-32(15-17-55)30-65-38-26-50-46(51-27-38)36-7-3-5-34(23-36)28-58-44(61)13-10-41(54-58)35-6-2-4-33(22-35)25-49/h2-10,13,22-24,26-27,32,42H,11-12,14-21,28-30H2,1H3,(H,52,60,63). The van der Waals surface area contributed by atoms with Crippen molar-refractivity contribution in [1.29, 1.82) is 5.26 Å². The van der Waals surface area contributed by atoms with E-state index in [9.17, 15) is 29.2 Å². The van der Waals surface area contributed by atoms with Gasteiger partial charge < -0.3 is 14.5 Å². The Hall–Kier alpha value is -7.58. The number of piperazine rings is 1. The molecular weight excluding hydrogens is 827 g/mol. The molecule has 65 heavy (non-hydrogen) atoms. The van der Waals surface area contributed by atoms with Crippen molar-refractivity contribution in [2.24, 2.45) is 5.92 Å². The molecule has 6 aromatic rings. The molecule has 1 atom stereocenters. The molecule has 3 aliphatic heterocycles. The molecule has 330 valence electrons. The second-order valence-corrected chi connectivity index (χ2v) is 16.8. The molecule has 3 fully saturated rings. The van der Waals surface area contributed by atoms with Crippen molar-refractivity contribution in [1.82, 2.24) is 44.6 Å². The summed E-state index contributed by atoms with van der Waals surface area (Å²) < 4.78 is 8.72. The Bertz CT molecular complexity index is 2950. The third-order valence-corrected chi connectivity index (χ3v) is 12.4. The fourth-order valence-electron chi connectivity index (χ4n) is 8.74. The largest absolute Gasteiger partial charge is 0.490 e. The molecule has 0 aliphatic carbocycles. The monoisotopic (exact) mass is 873 g/mol. The Kier molecular flexibility index (Phi) is 12.2. The Labute approximate surface area is 373 Å². The number of hydrogen-bond donors (Lipinski definition) is 1. The lowest BCUT2D eigenvalue weighted by atomic mass is 9.98. The second-order valence-electron chi connectivity index (χ2n) is 16.8. The van der Waals surface area contributed by atoms with Crippen LogP contribution in [0, 0.1) is 24.2 Å². The van der Waals surface area contributed by atoms with Crippen LogP contribution in [0.2, 0.25) is 0 Å². The summed E-state index contributed by atoms with van der Waals surface area (Å²) in [5, 5.41) is 21.8. The number of anilines is 1. The summed E-state index contributed by atoms with van der Waals surface area (Å²) in [6, 6.07) is 24.9. The zero-order valence-corrected chi connectivity index (χ0v) is 35.9. The summed E-state index contributed by atoms with van der Waals surface area (Å²) in [5.74, 6) is 0.715. The number of amides is 3. The molecule has 17 nitrogen and oxygen atoms in total. The summed E-state index contributed by atoms with van der Waals surface area (Å²) in [4.78, 5) is 79.1. The van der Waals surface area contributed by atoms with E-state index < -0.39 is 11.9 Å². The predicted molar refractivity (Wildman–Crippen MR) is 241 cm³/mol. The number of aryl methyl sites for hydroxylation is 1. The Morgan fingerprint density at radius 3 is 2.37 bits per heavy atom. The number of nitrogens with one attached hydrogen (secondary N) is 1. The van der Waals surface area contributed by atoms with E-state index in [0.29, 0.717) is 84.5 Å². The number of carbonyl (C=O) groups excluding carboxylic acids is 3. The van der Waals surface area contributed by atoms with Gasteiger partial charge in [-0.2, -0.15) is 15.5 Å². The number of aromatic nitrogens is 6. The van der Waals surface area contributed by atoms with Gasteiger partial charge in [0.05, 0.1) is 60.5 Å². The molecule has 3 aromatic heterocycles. The van der Waals surface area contributed by atoms with Gasteiger partial charge in [-0.05, 0) is 93.2 Å². The van der Waals surface area contributed by atoms with Crippen molar-refractivity contribution in [2.45, 2.75) is 45.2 Å². The van der Waals surface area contributed by atoms with Gasteiger partial charge in [-0.3, -0.25) is 34.2 Å². The number of piperidine rings is 2. The fourth-order valence-corrected chi connectivity index (χ4v) is 8.74. The maximum Gasteiger partial charge on any atom is 0.275 e. The Balaban J connectivity index is 0.722. The van der Waals surface area contributed by atoms with Crippen LogP contribution in [-0.4, -0.2) is 109 Å². The van der Waals surface area contributed by atoms with Crippen LogP contribution in [0.15, 0.2) is 101 Å². The normalized spacial score (nSPS) is 17.2. The van der Waals surface area contributed by atoms with Gasteiger partial charge in [-0.25, -0.2) is 19.3 Å². The highest BCUT2D eigenvalue weighted by atomic mass is 16.5. The van der Waals surface area contributed by atoms with Crippen molar-refractivity contribution in [3.8, 4) is 34.5 Å². The van der Waals surface area contributed by atoms with E-state index in [1.165, 1.54) is 15.4 Å². The quantitative estimate of drug-likeness (QED) is 0.185. The van der Waals surface area contributed by atoms with Crippen molar-refractivity contribution >= 4 is 34.2 Å². The zero-order valence-electron chi connectivity index (χ0n) is 35.9. The number of likely N-dealkylation sites (tertiary alicyclic amines) is 1. The number of rotatable bonds is 11. The minimum Gasteiger partial charge on any atom is -0.490 e. The van der Waals surface area contributed by atoms with Crippen molar-refractivity contribution < 1.29 is 19.1 Å². The van der Waals surface area contributed by atoms with Gasteiger partial charge in [0.1, 0.15) is 6.04 Å². The first kappa shape index (κ1) is 42.7. The smallest absolute Gasteiger partial charge is 0.275 e. The lowest BCUT2D eigenvalue weighted by Gasteiger charge is -2.38.